The second-order valence-electron chi connectivity index (χ2n) is 10.5. The van der Waals surface area contributed by atoms with Crippen LogP contribution in [0.2, 0.25) is 5.02 Å². The lowest BCUT2D eigenvalue weighted by Crippen LogP contribution is -2.31. The van der Waals surface area contributed by atoms with Gasteiger partial charge in [-0.25, -0.2) is 13.6 Å². The molecule has 0 radical (unpaired) electrons. The van der Waals surface area contributed by atoms with Crippen LogP contribution in [0.15, 0.2) is 30.5 Å². The fourth-order valence-corrected chi connectivity index (χ4v) is 5.25. The van der Waals surface area contributed by atoms with Crippen molar-refractivity contribution < 1.29 is 23.1 Å². The molecule has 1 aliphatic carbocycles. The van der Waals surface area contributed by atoms with E-state index in [0.717, 1.165) is 42.2 Å². The number of nitrogens with zero attached hydrogens (tertiary/aromatic N) is 5. The van der Waals surface area contributed by atoms with Gasteiger partial charge in [0.2, 0.25) is 0 Å². The van der Waals surface area contributed by atoms with Gasteiger partial charge in [-0.2, -0.15) is 0 Å². The Kier molecular flexibility index (Phi) is 6.89. The van der Waals surface area contributed by atoms with Crippen molar-refractivity contribution in [2.75, 3.05) is 0 Å². The van der Waals surface area contributed by atoms with Crippen molar-refractivity contribution in [1.82, 2.24) is 24.8 Å². The van der Waals surface area contributed by atoms with Gasteiger partial charge in [0.25, 0.3) is 0 Å². The topological polar surface area (TPSA) is 82.4 Å². The molecule has 0 unspecified atom stereocenters. The first-order valence-corrected chi connectivity index (χ1v) is 12.6. The lowest BCUT2D eigenvalue weighted by Gasteiger charge is -2.28. The Morgan fingerprint density at radius 1 is 1.05 bits per heavy atom. The molecule has 0 spiro atoms. The third kappa shape index (κ3) is 5.60. The SMILES string of the molecule is CC(C)(C)OC(=O)ON1Cc2cc(Cl)ccc2-n2c(nnc2[C@H]2CC[C@H](c3ncc(F)cc3F)CC2)C1. The zero-order chi connectivity index (χ0) is 26.3. The maximum Gasteiger partial charge on any atom is 0.528 e. The van der Waals surface area contributed by atoms with Crippen LogP contribution < -0.4 is 0 Å². The minimum Gasteiger partial charge on any atom is -0.427 e. The molecular weight excluding hydrogens is 504 g/mol. The van der Waals surface area contributed by atoms with Gasteiger partial charge < -0.3 is 9.57 Å². The molecule has 1 aromatic carbocycles. The zero-order valence-electron chi connectivity index (χ0n) is 20.9. The number of carbonyl (C=O) groups is 1. The molecule has 5 rings (SSSR count). The van der Waals surface area contributed by atoms with Crippen molar-refractivity contribution in [3.8, 4) is 5.69 Å². The van der Waals surface area contributed by atoms with Gasteiger partial charge in [-0.1, -0.05) is 11.6 Å². The van der Waals surface area contributed by atoms with E-state index in [1.165, 1.54) is 5.06 Å². The Hall–Kier alpha value is -3.11. The molecule has 0 saturated heterocycles. The number of aromatic nitrogens is 4. The van der Waals surface area contributed by atoms with E-state index in [2.05, 4.69) is 15.2 Å². The summed E-state index contributed by atoms with van der Waals surface area (Å²) >= 11 is 6.31. The standard InChI is InChI=1S/C26H28ClF2N5O3/c1-26(2,3)36-25(35)37-33-13-17-10-18(27)8-9-21(17)34-22(14-33)31-32-24(34)16-6-4-15(5-7-16)23-20(29)11-19(28)12-30-23/h8-12,15-16H,4-7,13-14H2,1-3H3/t15-,16-. The van der Waals surface area contributed by atoms with E-state index in [-0.39, 0.29) is 18.4 Å². The highest BCUT2D eigenvalue weighted by molar-refractivity contribution is 6.30. The van der Waals surface area contributed by atoms with Gasteiger partial charge in [0.1, 0.15) is 23.1 Å². The van der Waals surface area contributed by atoms with E-state index in [4.69, 9.17) is 21.2 Å². The summed E-state index contributed by atoms with van der Waals surface area (Å²) in [5, 5.41) is 11.0. The van der Waals surface area contributed by atoms with Crippen LogP contribution in [0.1, 0.15) is 81.2 Å². The second-order valence-corrected chi connectivity index (χ2v) is 10.9. The van der Waals surface area contributed by atoms with Crippen LogP contribution in [0, 0.1) is 11.6 Å². The number of hydrogen-bond acceptors (Lipinski definition) is 7. The van der Waals surface area contributed by atoms with E-state index in [9.17, 15) is 13.6 Å². The van der Waals surface area contributed by atoms with Gasteiger partial charge in [0, 0.05) is 22.9 Å². The maximum absolute atomic E-state index is 14.3. The molecule has 37 heavy (non-hydrogen) atoms. The highest BCUT2D eigenvalue weighted by Crippen LogP contribution is 2.41. The van der Waals surface area contributed by atoms with Crippen LogP contribution in [0.3, 0.4) is 0 Å². The van der Waals surface area contributed by atoms with Crippen molar-refractivity contribution in [3.63, 3.8) is 0 Å². The minimum absolute atomic E-state index is 0.0767. The van der Waals surface area contributed by atoms with Crippen molar-refractivity contribution in [2.24, 2.45) is 0 Å². The van der Waals surface area contributed by atoms with Gasteiger partial charge in [-0.05, 0) is 70.2 Å². The zero-order valence-corrected chi connectivity index (χ0v) is 21.6. The Morgan fingerprint density at radius 3 is 2.49 bits per heavy atom. The fraction of sp³-hybridized carbons (Fsp3) is 0.462. The van der Waals surface area contributed by atoms with Crippen LogP contribution in [-0.2, 0) is 22.7 Å². The Bertz CT molecular complexity index is 1320. The van der Waals surface area contributed by atoms with E-state index in [1.807, 2.05) is 16.7 Å². The molecular formula is C26H28ClF2N5O3. The summed E-state index contributed by atoms with van der Waals surface area (Å²) < 4.78 is 34.9. The lowest BCUT2D eigenvalue weighted by atomic mass is 9.79. The molecule has 2 aromatic heterocycles. The second kappa shape index (κ2) is 9.98. The highest BCUT2D eigenvalue weighted by atomic mass is 35.5. The third-order valence-corrected chi connectivity index (χ3v) is 6.85. The molecule has 3 heterocycles. The molecule has 0 N–H and O–H groups in total. The largest absolute Gasteiger partial charge is 0.528 e. The summed E-state index contributed by atoms with van der Waals surface area (Å²) in [5.74, 6) is 0.145. The van der Waals surface area contributed by atoms with Crippen molar-refractivity contribution >= 4 is 17.8 Å². The average Bonchev–Trinajstić information content (AvgIpc) is 3.15. The molecule has 2 aliphatic rings. The number of carbonyl (C=O) groups excluding carboxylic acids is 1. The Morgan fingerprint density at radius 2 is 1.78 bits per heavy atom. The summed E-state index contributed by atoms with van der Waals surface area (Å²) in [4.78, 5) is 21.9. The fourth-order valence-electron chi connectivity index (χ4n) is 5.05. The Balaban J connectivity index is 1.40. The molecule has 8 nitrogen and oxygen atoms in total. The number of fused-ring (bicyclic) bond motifs is 3. The molecule has 11 heteroatoms. The van der Waals surface area contributed by atoms with Gasteiger partial charge in [0.05, 0.1) is 30.7 Å². The molecule has 0 atom stereocenters. The molecule has 1 aliphatic heterocycles. The number of ether oxygens (including phenoxy) is 1. The van der Waals surface area contributed by atoms with Crippen LogP contribution >= 0.6 is 11.6 Å². The number of rotatable bonds is 3. The number of pyridine rings is 1. The van der Waals surface area contributed by atoms with Crippen LogP contribution in [0.25, 0.3) is 5.69 Å². The predicted molar refractivity (Wildman–Crippen MR) is 131 cm³/mol. The first kappa shape index (κ1) is 25.5. The molecule has 0 amide bonds. The lowest BCUT2D eigenvalue weighted by molar-refractivity contribution is -0.155. The average molecular weight is 532 g/mol. The quantitative estimate of drug-likeness (QED) is 0.371. The summed E-state index contributed by atoms with van der Waals surface area (Å²) in [6, 6.07) is 6.44. The van der Waals surface area contributed by atoms with Gasteiger partial charge >= 0.3 is 6.16 Å². The molecule has 0 bridgehead atoms. The predicted octanol–water partition coefficient (Wildman–Crippen LogP) is 6.22. The summed E-state index contributed by atoms with van der Waals surface area (Å²) in [5.41, 5.74) is 1.34. The highest BCUT2D eigenvalue weighted by Gasteiger charge is 2.33. The monoisotopic (exact) mass is 531 g/mol. The van der Waals surface area contributed by atoms with Crippen molar-refractivity contribution in [3.05, 3.63) is 70.0 Å². The van der Waals surface area contributed by atoms with Crippen LogP contribution in [0.5, 0.6) is 0 Å². The van der Waals surface area contributed by atoms with Crippen LogP contribution in [-0.4, -0.2) is 36.6 Å². The number of halogens is 3. The van der Waals surface area contributed by atoms with Gasteiger partial charge in [0.15, 0.2) is 5.82 Å². The van der Waals surface area contributed by atoms with E-state index >= 15 is 0 Å². The number of hydrogen-bond donors (Lipinski definition) is 0. The molecule has 1 fully saturated rings. The maximum atomic E-state index is 14.3. The van der Waals surface area contributed by atoms with Crippen LogP contribution in [0.4, 0.5) is 13.6 Å². The van der Waals surface area contributed by atoms with Crippen molar-refractivity contribution in [2.45, 2.75) is 77.0 Å². The summed E-state index contributed by atoms with van der Waals surface area (Å²) in [7, 11) is 0. The third-order valence-electron chi connectivity index (χ3n) is 6.61. The molecule has 1 saturated carbocycles. The van der Waals surface area contributed by atoms with E-state index in [1.54, 1.807) is 26.8 Å². The van der Waals surface area contributed by atoms with E-state index in [0.29, 0.717) is 35.9 Å². The molecule has 3 aromatic rings. The Labute approximate surface area is 218 Å². The smallest absolute Gasteiger partial charge is 0.427 e. The van der Waals surface area contributed by atoms with Crippen molar-refractivity contribution in [1.29, 1.82) is 0 Å². The van der Waals surface area contributed by atoms with E-state index < -0.39 is 23.4 Å². The summed E-state index contributed by atoms with van der Waals surface area (Å²) in [6.07, 6.45) is 3.16. The number of benzene rings is 1. The first-order valence-electron chi connectivity index (χ1n) is 12.3. The number of hydroxylamine groups is 2. The molecule has 196 valence electrons. The minimum atomic E-state index is -0.802. The van der Waals surface area contributed by atoms with Gasteiger partial charge in [-0.15, -0.1) is 15.3 Å². The first-order chi connectivity index (χ1) is 17.6. The summed E-state index contributed by atoms with van der Waals surface area (Å²) in [6.45, 7) is 5.80. The van der Waals surface area contributed by atoms with Gasteiger partial charge in [-0.3, -0.25) is 9.55 Å². The normalized spacial score (nSPS) is 20.1.